The summed E-state index contributed by atoms with van der Waals surface area (Å²) in [5.41, 5.74) is 1.56. The number of piperidine rings is 1. The summed E-state index contributed by atoms with van der Waals surface area (Å²) in [4.78, 5) is 29.7. The first-order valence-electron chi connectivity index (χ1n) is 8.41. The van der Waals surface area contributed by atoms with Gasteiger partial charge in [0.2, 0.25) is 0 Å². The number of pyridine rings is 1. The second kappa shape index (κ2) is 7.45. The molecule has 3 rings (SSSR count). The molecule has 1 amide bonds. The van der Waals surface area contributed by atoms with Crippen molar-refractivity contribution < 1.29 is 4.79 Å². The number of aromatic nitrogens is 1. The second-order valence-corrected chi connectivity index (χ2v) is 6.30. The van der Waals surface area contributed by atoms with Gasteiger partial charge in [-0.3, -0.25) is 9.59 Å². The number of H-pyrrole nitrogens is 1. The monoisotopic (exact) mass is 325 g/mol. The van der Waals surface area contributed by atoms with Crippen molar-refractivity contribution in [3.05, 3.63) is 58.4 Å². The van der Waals surface area contributed by atoms with Gasteiger partial charge < -0.3 is 15.2 Å². The van der Waals surface area contributed by atoms with Crippen LogP contribution in [0.3, 0.4) is 0 Å². The van der Waals surface area contributed by atoms with Crippen LogP contribution in [0.25, 0.3) is 11.3 Å². The van der Waals surface area contributed by atoms with Gasteiger partial charge in [0.05, 0.1) is 0 Å². The second-order valence-electron chi connectivity index (χ2n) is 6.30. The van der Waals surface area contributed by atoms with Crippen LogP contribution in [-0.2, 0) is 0 Å². The molecule has 0 aliphatic carbocycles. The van der Waals surface area contributed by atoms with Gasteiger partial charge in [-0.25, -0.2) is 0 Å². The van der Waals surface area contributed by atoms with Crippen LogP contribution in [0, 0.1) is 5.92 Å². The minimum Gasteiger partial charge on any atom is -0.338 e. The topological polar surface area (TPSA) is 65.2 Å². The van der Waals surface area contributed by atoms with Crippen LogP contribution in [0.5, 0.6) is 0 Å². The van der Waals surface area contributed by atoms with Crippen LogP contribution in [-0.4, -0.2) is 42.5 Å². The number of nitrogens with zero attached hydrogens (tertiary/aromatic N) is 1. The van der Waals surface area contributed by atoms with Crippen molar-refractivity contribution in [1.82, 2.24) is 15.2 Å². The molecule has 2 aromatic rings. The third kappa shape index (κ3) is 3.57. The molecule has 5 nitrogen and oxygen atoms in total. The quantitative estimate of drug-likeness (QED) is 0.905. The Bertz CT molecular complexity index is 753. The largest absolute Gasteiger partial charge is 0.338 e. The Morgan fingerprint density at radius 1 is 1.25 bits per heavy atom. The average molecular weight is 325 g/mol. The lowest BCUT2D eigenvalue weighted by atomic mass is 9.97. The zero-order chi connectivity index (χ0) is 16.9. The number of rotatable bonds is 4. The third-order valence-corrected chi connectivity index (χ3v) is 4.52. The molecule has 5 heteroatoms. The molecule has 0 radical (unpaired) electrons. The number of hydrogen-bond donors (Lipinski definition) is 2. The Hall–Kier alpha value is -2.40. The van der Waals surface area contributed by atoms with E-state index in [-0.39, 0.29) is 17.0 Å². The molecular weight excluding hydrogens is 302 g/mol. The summed E-state index contributed by atoms with van der Waals surface area (Å²) >= 11 is 0. The first-order chi connectivity index (χ1) is 11.7. The number of amides is 1. The fourth-order valence-electron chi connectivity index (χ4n) is 3.30. The van der Waals surface area contributed by atoms with Gasteiger partial charge in [0.1, 0.15) is 5.56 Å². The molecule has 0 bridgehead atoms. The SMILES string of the molecule is CNCC1CCCN(C(=O)c2ccc(-c3ccccc3)[nH]c2=O)C1. The van der Waals surface area contributed by atoms with Crippen LogP contribution >= 0.6 is 0 Å². The molecule has 0 saturated carbocycles. The van der Waals surface area contributed by atoms with Crippen LogP contribution in [0.2, 0.25) is 0 Å². The number of likely N-dealkylation sites (tertiary alicyclic amines) is 1. The molecule has 1 aliphatic heterocycles. The highest BCUT2D eigenvalue weighted by atomic mass is 16.2. The average Bonchev–Trinajstić information content (AvgIpc) is 2.62. The van der Waals surface area contributed by atoms with Gasteiger partial charge in [-0.1, -0.05) is 30.3 Å². The lowest BCUT2D eigenvalue weighted by Crippen LogP contribution is -2.43. The summed E-state index contributed by atoms with van der Waals surface area (Å²) in [5, 5.41) is 3.17. The molecule has 1 atom stereocenters. The number of carbonyl (C=O) groups excluding carboxylic acids is 1. The standard InChI is InChI=1S/C19H23N3O2/c1-20-12-14-6-5-11-22(13-14)19(24)16-9-10-17(21-18(16)23)15-7-3-2-4-8-15/h2-4,7-10,14,20H,5-6,11-13H2,1H3,(H,21,23). The number of aromatic amines is 1. The fourth-order valence-corrected chi connectivity index (χ4v) is 3.30. The summed E-state index contributed by atoms with van der Waals surface area (Å²) in [5.74, 6) is 0.284. The van der Waals surface area contributed by atoms with Crippen molar-refractivity contribution in [1.29, 1.82) is 0 Å². The fraction of sp³-hybridized carbons (Fsp3) is 0.368. The highest BCUT2D eigenvalue weighted by molar-refractivity contribution is 5.94. The van der Waals surface area contributed by atoms with Crippen LogP contribution in [0.1, 0.15) is 23.2 Å². The predicted molar refractivity (Wildman–Crippen MR) is 95.1 cm³/mol. The first kappa shape index (κ1) is 16.5. The Balaban J connectivity index is 1.79. The highest BCUT2D eigenvalue weighted by Crippen LogP contribution is 2.18. The van der Waals surface area contributed by atoms with Crippen molar-refractivity contribution in [2.24, 2.45) is 5.92 Å². The zero-order valence-corrected chi connectivity index (χ0v) is 13.9. The van der Waals surface area contributed by atoms with Crippen molar-refractivity contribution >= 4 is 5.91 Å². The molecule has 1 aliphatic rings. The summed E-state index contributed by atoms with van der Waals surface area (Å²) in [7, 11) is 1.92. The lowest BCUT2D eigenvalue weighted by Gasteiger charge is -2.32. The maximum absolute atomic E-state index is 12.7. The van der Waals surface area contributed by atoms with Crippen molar-refractivity contribution in [2.75, 3.05) is 26.7 Å². The molecule has 1 saturated heterocycles. The molecule has 1 fully saturated rings. The van der Waals surface area contributed by atoms with Crippen molar-refractivity contribution in [3.8, 4) is 11.3 Å². The van der Waals surface area contributed by atoms with Gasteiger partial charge >= 0.3 is 0 Å². The molecular formula is C19H23N3O2. The maximum Gasteiger partial charge on any atom is 0.261 e. The number of benzene rings is 1. The van der Waals surface area contributed by atoms with Gasteiger partial charge in [-0.2, -0.15) is 0 Å². The van der Waals surface area contributed by atoms with E-state index in [9.17, 15) is 9.59 Å². The van der Waals surface area contributed by atoms with E-state index in [0.29, 0.717) is 12.5 Å². The molecule has 1 unspecified atom stereocenters. The van der Waals surface area contributed by atoms with E-state index >= 15 is 0 Å². The van der Waals surface area contributed by atoms with Gasteiger partial charge in [0.15, 0.2) is 0 Å². The van der Waals surface area contributed by atoms with Gasteiger partial charge in [0.25, 0.3) is 11.5 Å². The van der Waals surface area contributed by atoms with Crippen LogP contribution in [0.4, 0.5) is 0 Å². The van der Waals surface area contributed by atoms with Crippen LogP contribution in [0.15, 0.2) is 47.3 Å². The molecule has 2 heterocycles. The molecule has 2 N–H and O–H groups in total. The molecule has 0 spiro atoms. The van der Waals surface area contributed by atoms with E-state index in [0.717, 1.165) is 37.2 Å². The van der Waals surface area contributed by atoms with E-state index < -0.39 is 0 Å². The molecule has 1 aromatic carbocycles. The van der Waals surface area contributed by atoms with Crippen molar-refractivity contribution in [3.63, 3.8) is 0 Å². The minimum atomic E-state index is -0.322. The Labute approximate surface area is 141 Å². The number of nitrogens with one attached hydrogen (secondary N) is 2. The van der Waals surface area contributed by atoms with Gasteiger partial charge in [0, 0.05) is 18.8 Å². The van der Waals surface area contributed by atoms with Gasteiger partial charge in [-0.15, -0.1) is 0 Å². The summed E-state index contributed by atoms with van der Waals surface area (Å²) in [6.45, 7) is 2.32. The summed E-state index contributed by atoms with van der Waals surface area (Å²) in [6.07, 6.45) is 2.10. The highest BCUT2D eigenvalue weighted by Gasteiger charge is 2.25. The smallest absolute Gasteiger partial charge is 0.261 e. The Kier molecular flexibility index (Phi) is 5.11. The summed E-state index contributed by atoms with van der Waals surface area (Å²) in [6, 6.07) is 13.1. The number of hydrogen-bond acceptors (Lipinski definition) is 3. The van der Waals surface area contributed by atoms with Crippen molar-refractivity contribution in [2.45, 2.75) is 12.8 Å². The molecule has 126 valence electrons. The minimum absolute atomic E-state index is 0.170. The van der Waals surface area contributed by atoms with E-state index in [1.54, 1.807) is 17.0 Å². The van der Waals surface area contributed by atoms with E-state index in [2.05, 4.69) is 10.3 Å². The Morgan fingerprint density at radius 3 is 2.75 bits per heavy atom. The normalized spacial score (nSPS) is 17.7. The number of carbonyl (C=O) groups is 1. The van der Waals surface area contributed by atoms with E-state index in [1.807, 2.05) is 37.4 Å². The first-order valence-corrected chi connectivity index (χ1v) is 8.41. The van der Waals surface area contributed by atoms with E-state index in [4.69, 9.17) is 0 Å². The summed E-state index contributed by atoms with van der Waals surface area (Å²) < 4.78 is 0. The third-order valence-electron chi connectivity index (χ3n) is 4.52. The lowest BCUT2D eigenvalue weighted by molar-refractivity contribution is 0.0672. The zero-order valence-electron chi connectivity index (χ0n) is 13.9. The van der Waals surface area contributed by atoms with E-state index in [1.165, 1.54) is 0 Å². The molecule has 24 heavy (non-hydrogen) atoms. The van der Waals surface area contributed by atoms with Gasteiger partial charge in [-0.05, 0) is 50.0 Å². The molecule has 1 aromatic heterocycles. The predicted octanol–water partition coefficient (Wildman–Crippen LogP) is 2.11. The Morgan fingerprint density at radius 2 is 2.04 bits per heavy atom. The maximum atomic E-state index is 12.7. The van der Waals surface area contributed by atoms with Crippen LogP contribution < -0.4 is 10.9 Å².